The number of thioether (sulfide) groups is 1. The molecule has 0 aromatic rings. The van der Waals surface area contributed by atoms with Crippen LogP contribution in [0.5, 0.6) is 0 Å². The lowest BCUT2D eigenvalue weighted by atomic mass is 10.1. The molecule has 0 bridgehead atoms. The van der Waals surface area contributed by atoms with Crippen LogP contribution in [0, 0.1) is 17.8 Å². The van der Waals surface area contributed by atoms with Gasteiger partial charge in [-0.25, -0.2) is 0 Å². The lowest BCUT2D eigenvalue weighted by Gasteiger charge is -2.21. The van der Waals surface area contributed by atoms with Gasteiger partial charge in [0.2, 0.25) is 0 Å². The first-order valence-electron chi connectivity index (χ1n) is 10.2. The van der Waals surface area contributed by atoms with Crippen molar-refractivity contribution < 1.29 is 0 Å². The first-order chi connectivity index (χ1) is 11.4. The van der Waals surface area contributed by atoms with Crippen LogP contribution in [0.3, 0.4) is 0 Å². The molecule has 3 unspecified atom stereocenters. The Labute approximate surface area is 156 Å². The topological polar surface area (TPSA) is 36.1 Å². The predicted octanol–water partition coefficient (Wildman–Crippen LogP) is 4.69. The molecule has 0 aromatic heterocycles. The van der Waals surface area contributed by atoms with Crippen LogP contribution in [0.15, 0.2) is 0 Å². The molecule has 3 atom stereocenters. The average molecular weight is 360 g/mol. The number of hydrogen-bond acceptors (Lipinski definition) is 4. The van der Waals surface area contributed by atoms with Gasteiger partial charge in [0.15, 0.2) is 0 Å². The summed E-state index contributed by atoms with van der Waals surface area (Å²) in [6, 6.07) is 0. The van der Waals surface area contributed by atoms with Crippen LogP contribution >= 0.6 is 11.8 Å². The summed E-state index contributed by atoms with van der Waals surface area (Å²) < 4.78 is 0. The lowest BCUT2D eigenvalue weighted by Crippen LogP contribution is -2.46. The molecule has 1 aliphatic carbocycles. The molecule has 3 N–H and O–H groups in total. The molecule has 0 saturated heterocycles. The fraction of sp³-hybridized carbons (Fsp3) is 1.00. The predicted molar refractivity (Wildman–Crippen MR) is 113 cm³/mol. The molecule has 1 saturated carbocycles. The maximum atomic E-state index is 3.48. The van der Waals surface area contributed by atoms with Gasteiger partial charge < -0.3 is 10.6 Å². The van der Waals surface area contributed by atoms with Crippen molar-refractivity contribution in [2.45, 2.75) is 85.6 Å². The Morgan fingerprint density at radius 3 is 2.04 bits per heavy atom. The molecule has 1 fully saturated rings. The van der Waals surface area contributed by atoms with E-state index >= 15 is 0 Å². The quantitative estimate of drug-likeness (QED) is 0.369. The standard InChI is InChI=1S/C14H33N3S.C6H12/c1-7-18-13(5)12(4)9-15-10-17-14(6)16-8-11(2)3;1-6-4-2-3-5-6/h11-17H,7-10H2,1-6H3;6H,2-5H2,1H3. The summed E-state index contributed by atoms with van der Waals surface area (Å²) in [5, 5.41) is 11.1. The highest BCUT2D eigenvalue weighted by Crippen LogP contribution is 2.23. The molecular weight excluding hydrogens is 314 g/mol. The highest BCUT2D eigenvalue weighted by Gasteiger charge is 2.11. The Morgan fingerprint density at radius 1 is 0.958 bits per heavy atom. The zero-order valence-corrected chi connectivity index (χ0v) is 18.3. The van der Waals surface area contributed by atoms with Crippen molar-refractivity contribution in [1.29, 1.82) is 0 Å². The van der Waals surface area contributed by atoms with Crippen molar-refractivity contribution in [2.75, 3.05) is 25.5 Å². The SMILES string of the molecule is CC1CCCC1.CCSC(C)C(C)CNCNC(C)NCC(C)C. The fourth-order valence-electron chi connectivity index (χ4n) is 2.73. The zero-order valence-electron chi connectivity index (χ0n) is 17.5. The summed E-state index contributed by atoms with van der Waals surface area (Å²) in [4.78, 5) is 0. The largest absolute Gasteiger partial charge is 0.304 e. The molecule has 1 aliphatic rings. The fourth-order valence-corrected chi connectivity index (χ4v) is 3.68. The normalized spacial score (nSPS) is 19.0. The molecule has 1 rings (SSSR count). The Kier molecular flexibility index (Phi) is 15.6. The monoisotopic (exact) mass is 359 g/mol. The van der Waals surface area contributed by atoms with E-state index in [1.165, 1.54) is 31.4 Å². The minimum atomic E-state index is 0.373. The van der Waals surface area contributed by atoms with E-state index in [1.807, 2.05) is 11.8 Å². The third-order valence-corrected chi connectivity index (χ3v) is 6.03. The Morgan fingerprint density at radius 2 is 1.58 bits per heavy atom. The van der Waals surface area contributed by atoms with E-state index in [1.54, 1.807) is 0 Å². The third-order valence-electron chi connectivity index (χ3n) is 4.71. The third kappa shape index (κ3) is 14.6. The van der Waals surface area contributed by atoms with Crippen LogP contribution < -0.4 is 16.0 Å². The second-order valence-electron chi connectivity index (χ2n) is 7.89. The van der Waals surface area contributed by atoms with Crippen LogP contribution in [0.25, 0.3) is 0 Å². The van der Waals surface area contributed by atoms with Gasteiger partial charge in [0.05, 0.1) is 6.17 Å². The average Bonchev–Trinajstić information content (AvgIpc) is 3.01. The summed E-state index contributed by atoms with van der Waals surface area (Å²) in [5.74, 6) is 3.68. The molecule has 146 valence electrons. The van der Waals surface area contributed by atoms with Crippen molar-refractivity contribution in [3.05, 3.63) is 0 Å². The summed E-state index contributed by atoms with van der Waals surface area (Å²) >= 11 is 2.04. The number of hydrogen-bond donors (Lipinski definition) is 3. The van der Waals surface area contributed by atoms with E-state index in [0.717, 1.165) is 36.8 Å². The van der Waals surface area contributed by atoms with Crippen LogP contribution in [-0.2, 0) is 0 Å². The van der Waals surface area contributed by atoms with E-state index in [9.17, 15) is 0 Å². The van der Waals surface area contributed by atoms with Crippen molar-refractivity contribution in [1.82, 2.24) is 16.0 Å². The maximum Gasteiger partial charge on any atom is 0.0552 e. The molecule has 0 heterocycles. The Bertz CT molecular complexity index is 268. The van der Waals surface area contributed by atoms with Crippen LogP contribution in [0.4, 0.5) is 0 Å². The van der Waals surface area contributed by atoms with E-state index in [-0.39, 0.29) is 0 Å². The van der Waals surface area contributed by atoms with Gasteiger partial charge in [-0.2, -0.15) is 11.8 Å². The molecule has 0 radical (unpaired) electrons. The minimum absolute atomic E-state index is 0.373. The van der Waals surface area contributed by atoms with Crippen LogP contribution in [0.2, 0.25) is 0 Å². The molecule has 0 spiro atoms. The maximum absolute atomic E-state index is 3.48. The van der Waals surface area contributed by atoms with Crippen LogP contribution in [0.1, 0.15) is 74.1 Å². The van der Waals surface area contributed by atoms with Gasteiger partial charge >= 0.3 is 0 Å². The molecule has 0 aliphatic heterocycles. The van der Waals surface area contributed by atoms with Gasteiger partial charge in [0.25, 0.3) is 0 Å². The van der Waals surface area contributed by atoms with E-state index in [0.29, 0.717) is 12.1 Å². The van der Waals surface area contributed by atoms with Crippen molar-refractivity contribution in [3.63, 3.8) is 0 Å². The molecule has 3 nitrogen and oxygen atoms in total. The molecule has 4 heteroatoms. The lowest BCUT2D eigenvalue weighted by molar-refractivity contribution is 0.395. The molecular formula is C20H45N3S. The second-order valence-corrected chi connectivity index (χ2v) is 9.54. The number of nitrogens with one attached hydrogen (secondary N) is 3. The highest BCUT2D eigenvalue weighted by atomic mass is 32.2. The Hall–Kier alpha value is 0.230. The summed E-state index contributed by atoms with van der Waals surface area (Å²) in [6.45, 7) is 18.9. The van der Waals surface area contributed by atoms with Gasteiger partial charge in [0.1, 0.15) is 0 Å². The van der Waals surface area contributed by atoms with Gasteiger partial charge in [-0.3, -0.25) is 5.32 Å². The van der Waals surface area contributed by atoms with Crippen molar-refractivity contribution in [2.24, 2.45) is 17.8 Å². The van der Waals surface area contributed by atoms with Crippen LogP contribution in [-0.4, -0.2) is 36.9 Å². The summed E-state index contributed by atoms with van der Waals surface area (Å²) in [7, 11) is 0. The number of rotatable bonds is 11. The van der Waals surface area contributed by atoms with E-state index in [4.69, 9.17) is 0 Å². The van der Waals surface area contributed by atoms with Gasteiger partial charge in [0, 0.05) is 11.9 Å². The first kappa shape index (κ1) is 24.2. The smallest absolute Gasteiger partial charge is 0.0552 e. The summed E-state index contributed by atoms with van der Waals surface area (Å²) in [5.41, 5.74) is 0. The Balaban J connectivity index is 0.000000728. The highest BCUT2D eigenvalue weighted by molar-refractivity contribution is 7.99. The van der Waals surface area contributed by atoms with E-state index in [2.05, 4.69) is 64.4 Å². The summed E-state index contributed by atoms with van der Waals surface area (Å²) in [6.07, 6.45) is 6.32. The first-order valence-corrected chi connectivity index (χ1v) is 11.2. The second kappa shape index (κ2) is 15.5. The van der Waals surface area contributed by atoms with Crippen molar-refractivity contribution >= 4 is 11.8 Å². The van der Waals surface area contributed by atoms with Crippen molar-refractivity contribution in [3.8, 4) is 0 Å². The molecule has 0 aromatic carbocycles. The van der Waals surface area contributed by atoms with Gasteiger partial charge in [-0.1, -0.05) is 67.2 Å². The molecule has 0 amide bonds. The molecule has 24 heavy (non-hydrogen) atoms. The van der Waals surface area contributed by atoms with E-state index < -0.39 is 0 Å². The van der Waals surface area contributed by atoms with Gasteiger partial charge in [-0.05, 0) is 43.5 Å². The minimum Gasteiger partial charge on any atom is -0.304 e. The zero-order chi connectivity index (χ0) is 18.4. The van der Waals surface area contributed by atoms with Gasteiger partial charge in [-0.15, -0.1) is 0 Å².